The van der Waals surface area contributed by atoms with Crippen LogP contribution in [0.15, 0.2) is 57.6 Å². The molecule has 21 heavy (non-hydrogen) atoms. The lowest BCUT2D eigenvalue weighted by molar-refractivity contribution is 0.0430. The van der Waals surface area contributed by atoms with Crippen molar-refractivity contribution in [1.82, 2.24) is 4.98 Å². The van der Waals surface area contributed by atoms with Gasteiger partial charge >= 0.3 is 5.97 Å². The molecule has 0 fully saturated rings. The Balaban J connectivity index is 1.64. The molecule has 0 spiro atoms. The van der Waals surface area contributed by atoms with Gasteiger partial charge in [0.2, 0.25) is 11.7 Å². The molecule has 0 aliphatic rings. The fourth-order valence-corrected chi connectivity index (χ4v) is 1.84. The molecule has 1 aromatic carbocycles. The van der Waals surface area contributed by atoms with E-state index in [1.54, 1.807) is 19.1 Å². The Bertz CT molecular complexity index is 742. The van der Waals surface area contributed by atoms with Crippen LogP contribution in [-0.2, 0) is 11.3 Å². The second-order valence-corrected chi connectivity index (χ2v) is 4.50. The SMILES string of the molecule is Cc1ccc(C(=O)OCc2coc(-c3ccccc3)n2)o1. The number of aromatic nitrogens is 1. The standard InChI is InChI=1S/C16H13NO4/c1-11-7-8-14(21-11)16(18)20-10-13-9-19-15(17-13)12-5-3-2-4-6-12/h2-9H,10H2,1H3. The highest BCUT2D eigenvalue weighted by Gasteiger charge is 2.13. The summed E-state index contributed by atoms with van der Waals surface area (Å²) in [6.07, 6.45) is 1.48. The van der Waals surface area contributed by atoms with Gasteiger partial charge in [-0.05, 0) is 31.2 Å². The first-order valence-corrected chi connectivity index (χ1v) is 6.46. The molecule has 2 aromatic heterocycles. The number of ether oxygens (including phenoxy) is 1. The second kappa shape index (κ2) is 5.66. The zero-order valence-corrected chi connectivity index (χ0v) is 11.4. The van der Waals surface area contributed by atoms with Crippen LogP contribution >= 0.6 is 0 Å². The molecule has 5 heteroatoms. The predicted molar refractivity (Wildman–Crippen MR) is 74.5 cm³/mol. The molecule has 0 amide bonds. The number of carbonyl (C=O) groups excluding carboxylic acids is 1. The number of esters is 1. The zero-order chi connectivity index (χ0) is 14.7. The van der Waals surface area contributed by atoms with Gasteiger partial charge in [-0.25, -0.2) is 9.78 Å². The highest BCUT2D eigenvalue weighted by molar-refractivity contribution is 5.86. The average molecular weight is 283 g/mol. The van der Waals surface area contributed by atoms with Crippen molar-refractivity contribution in [2.45, 2.75) is 13.5 Å². The van der Waals surface area contributed by atoms with E-state index in [1.807, 2.05) is 30.3 Å². The minimum Gasteiger partial charge on any atom is -0.454 e. The van der Waals surface area contributed by atoms with E-state index in [4.69, 9.17) is 13.6 Å². The summed E-state index contributed by atoms with van der Waals surface area (Å²) in [6.45, 7) is 1.80. The van der Waals surface area contributed by atoms with E-state index in [-0.39, 0.29) is 12.4 Å². The van der Waals surface area contributed by atoms with Gasteiger partial charge < -0.3 is 13.6 Å². The molecule has 0 saturated heterocycles. The Morgan fingerprint density at radius 2 is 2.00 bits per heavy atom. The summed E-state index contributed by atoms with van der Waals surface area (Å²) in [5.41, 5.74) is 1.42. The number of rotatable bonds is 4. The third-order valence-electron chi connectivity index (χ3n) is 2.87. The summed E-state index contributed by atoms with van der Waals surface area (Å²) in [5, 5.41) is 0. The molecule has 0 N–H and O–H groups in total. The molecular weight excluding hydrogens is 270 g/mol. The summed E-state index contributed by atoms with van der Waals surface area (Å²) in [7, 11) is 0. The minimum atomic E-state index is -0.521. The topological polar surface area (TPSA) is 65.5 Å². The Morgan fingerprint density at radius 1 is 1.19 bits per heavy atom. The van der Waals surface area contributed by atoms with Crippen molar-refractivity contribution in [3.05, 3.63) is 65.9 Å². The van der Waals surface area contributed by atoms with Crippen LogP contribution in [0, 0.1) is 6.92 Å². The van der Waals surface area contributed by atoms with E-state index in [9.17, 15) is 4.79 Å². The summed E-state index contributed by atoms with van der Waals surface area (Å²) in [6, 6.07) is 12.8. The maximum atomic E-state index is 11.7. The molecule has 0 bridgehead atoms. The van der Waals surface area contributed by atoms with E-state index < -0.39 is 5.97 Å². The average Bonchev–Trinajstić information content (AvgIpc) is 3.15. The number of hydrogen-bond acceptors (Lipinski definition) is 5. The lowest BCUT2D eigenvalue weighted by Gasteiger charge is -1.99. The number of furan rings is 1. The van der Waals surface area contributed by atoms with E-state index >= 15 is 0 Å². The molecule has 3 aromatic rings. The van der Waals surface area contributed by atoms with Crippen molar-refractivity contribution in [1.29, 1.82) is 0 Å². The first kappa shape index (κ1) is 13.2. The lowest BCUT2D eigenvalue weighted by Crippen LogP contribution is -2.04. The Labute approximate surface area is 121 Å². The second-order valence-electron chi connectivity index (χ2n) is 4.50. The molecule has 0 aliphatic carbocycles. The van der Waals surface area contributed by atoms with Crippen LogP contribution in [-0.4, -0.2) is 11.0 Å². The fourth-order valence-electron chi connectivity index (χ4n) is 1.84. The van der Waals surface area contributed by atoms with Crippen molar-refractivity contribution >= 4 is 5.97 Å². The van der Waals surface area contributed by atoms with E-state index in [0.29, 0.717) is 17.3 Å². The van der Waals surface area contributed by atoms with E-state index in [1.165, 1.54) is 6.26 Å². The summed E-state index contributed by atoms with van der Waals surface area (Å²) < 4.78 is 15.7. The third-order valence-corrected chi connectivity index (χ3v) is 2.87. The van der Waals surface area contributed by atoms with Crippen LogP contribution in [0.25, 0.3) is 11.5 Å². The third kappa shape index (κ3) is 3.02. The smallest absolute Gasteiger partial charge is 0.374 e. The first-order valence-electron chi connectivity index (χ1n) is 6.46. The van der Waals surface area contributed by atoms with Crippen LogP contribution in [0.5, 0.6) is 0 Å². The van der Waals surface area contributed by atoms with Gasteiger partial charge in [0.05, 0.1) is 0 Å². The number of oxazole rings is 1. The molecule has 2 heterocycles. The summed E-state index contributed by atoms with van der Waals surface area (Å²) >= 11 is 0. The van der Waals surface area contributed by atoms with Crippen LogP contribution < -0.4 is 0 Å². The van der Waals surface area contributed by atoms with E-state index in [0.717, 1.165) is 5.56 Å². The van der Waals surface area contributed by atoms with Gasteiger partial charge in [0, 0.05) is 5.56 Å². The van der Waals surface area contributed by atoms with Crippen molar-refractivity contribution < 1.29 is 18.4 Å². The monoisotopic (exact) mass is 283 g/mol. The highest BCUT2D eigenvalue weighted by atomic mass is 16.5. The van der Waals surface area contributed by atoms with Crippen LogP contribution in [0.4, 0.5) is 0 Å². The van der Waals surface area contributed by atoms with Crippen molar-refractivity contribution in [3.8, 4) is 11.5 Å². The highest BCUT2D eigenvalue weighted by Crippen LogP contribution is 2.18. The fraction of sp³-hybridized carbons (Fsp3) is 0.125. The van der Waals surface area contributed by atoms with Gasteiger partial charge in [0.25, 0.3) is 0 Å². The zero-order valence-electron chi connectivity index (χ0n) is 11.4. The maximum absolute atomic E-state index is 11.7. The molecule has 3 rings (SSSR count). The number of hydrogen-bond donors (Lipinski definition) is 0. The maximum Gasteiger partial charge on any atom is 0.374 e. The Hall–Kier alpha value is -2.82. The van der Waals surface area contributed by atoms with Crippen molar-refractivity contribution in [2.24, 2.45) is 0 Å². The number of nitrogens with zero attached hydrogens (tertiary/aromatic N) is 1. The molecule has 0 saturated carbocycles. The number of aryl methyl sites for hydroxylation is 1. The molecule has 0 unspecified atom stereocenters. The van der Waals surface area contributed by atoms with Gasteiger partial charge in [-0.15, -0.1) is 0 Å². The van der Waals surface area contributed by atoms with Gasteiger partial charge in [0.15, 0.2) is 0 Å². The molecule has 0 radical (unpaired) electrons. The van der Waals surface area contributed by atoms with Crippen molar-refractivity contribution in [3.63, 3.8) is 0 Å². The quantitative estimate of drug-likeness (QED) is 0.684. The van der Waals surface area contributed by atoms with Crippen molar-refractivity contribution in [2.75, 3.05) is 0 Å². The molecule has 0 atom stereocenters. The molecular formula is C16H13NO4. The molecule has 0 aliphatic heterocycles. The normalized spacial score (nSPS) is 10.5. The lowest BCUT2D eigenvalue weighted by atomic mass is 10.2. The molecule has 106 valence electrons. The largest absolute Gasteiger partial charge is 0.454 e. The molecule has 5 nitrogen and oxygen atoms in total. The van der Waals surface area contributed by atoms with Gasteiger partial charge in [-0.1, -0.05) is 18.2 Å². The van der Waals surface area contributed by atoms with Gasteiger partial charge in [0.1, 0.15) is 24.3 Å². The number of benzene rings is 1. The van der Waals surface area contributed by atoms with E-state index in [2.05, 4.69) is 4.98 Å². The van der Waals surface area contributed by atoms with Crippen LogP contribution in [0.1, 0.15) is 22.0 Å². The van der Waals surface area contributed by atoms with Gasteiger partial charge in [-0.3, -0.25) is 0 Å². The van der Waals surface area contributed by atoms with Crippen LogP contribution in [0.3, 0.4) is 0 Å². The van der Waals surface area contributed by atoms with Crippen LogP contribution in [0.2, 0.25) is 0 Å². The summed E-state index contributed by atoms with van der Waals surface area (Å²) in [4.78, 5) is 16.0. The minimum absolute atomic E-state index is 0.0366. The predicted octanol–water partition coefficient (Wildman–Crippen LogP) is 3.60. The van der Waals surface area contributed by atoms with Gasteiger partial charge in [-0.2, -0.15) is 0 Å². The summed E-state index contributed by atoms with van der Waals surface area (Å²) in [5.74, 6) is 0.817. The number of carbonyl (C=O) groups is 1. The first-order chi connectivity index (χ1) is 10.2. The Kier molecular flexibility index (Phi) is 3.55. The Morgan fingerprint density at radius 3 is 2.71 bits per heavy atom.